The van der Waals surface area contributed by atoms with Crippen LogP contribution in [0.15, 0.2) is 12.2 Å². The van der Waals surface area contributed by atoms with E-state index < -0.39 is 5.97 Å². The zero-order valence-corrected chi connectivity index (χ0v) is 16.8. The molecule has 0 aliphatic carbocycles. The molecule has 0 saturated carbocycles. The largest absolute Gasteiger partial charge is 0.550 e. The zero-order chi connectivity index (χ0) is 19.0. The molecule has 1 N–H and O–H groups in total. The number of aliphatic hydroxyl groups is 1. The molecule has 1 atom stereocenters. The van der Waals surface area contributed by atoms with Gasteiger partial charge >= 0.3 is 0 Å². The Morgan fingerprint density at radius 3 is 2.08 bits per heavy atom. The van der Waals surface area contributed by atoms with Crippen LogP contribution in [0.1, 0.15) is 85.0 Å². The van der Waals surface area contributed by atoms with Crippen molar-refractivity contribution in [2.75, 3.05) is 26.2 Å². The van der Waals surface area contributed by atoms with Crippen LogP contribution in [0.5, 0.6) is 0 Å². The molecule has 0 rings (SSSR count). The zero-order valence-electron chi connectivity index (χ0n) is 16.8. The number of hydrogen-bond acceptors (Lipinski definition) is 3. The van der Waals surface area contributed by atoms with E-state index >= 15 is 0 Å². The number of carbonyl (C=O) groups is 1. The quantitative estimate of drug-likeness (QED) is 0.247. The van der Waals surface area contributed by atoms with Crippen LogP contribution in [0.4, 0.5) is 0 Å². The number of aliphatic hydroxyl groups excluding tert-OH is 1. The van der Waals surface area contributed by atoms with Gasteiger partial charge in [0.15, 0.2) is 0 Å². The second-order valence-corrected chi connectivity index (χ2v) is 7.38. The SMILES string of the molecule is CCC/C=C/CC(O)C[N+](CCCC)(CCCC)CCCCC(=O)[O-]. The van der Waals surface area contributed by atoms with Crippen molar-refractivity contribution in [2.24, 2.45) is 0 Å². The number of quaternary nitrogens is 1. The standard InChI is InChI=1S/C21H41NO3/c1-4-7-10-11-14-20(23)19-22(16-8-5-2,17-9-6-3)18-13-12-15-21(24)25/h10-11,20,23H,4-9,12-19H2,1-3H3/b11-10+. The Hall–Kier alpha value is -0.870. The highest BCUT2D eigenvalue weighted by molar-refractivity contribution is 5.64. The molecule has 4 heteroatoms. The molecule has 0 bridgehead atoms. The first-order valence-corrected chi connectivity index (χ1v) is 10.4. The minimum atomic E-state index is -0.957. The van der Waals surface area contributed by atoms with Crippen molar-refractivity contribution in [2.45, 2.75) is 91.1 Å². The fourth-order valence-electron chi connectivity index (χ4n) is 3.37. The molecule has 148 valence electrons. The molecule has 1 unspecified atom stereocenters. The molecule has 0 aliphatic rings. The van der Waals surface area contributed by atoms with Gasteiger partial charge in [-0.2, -0.15) is 0 Å². The van der Waals surface area contributed by atoms with E-state index in [1.165, 1.54) is 0 Å². The monoisotopic (exact) mass is 355 g/mol. The molecule has 0 saturated heterocycles. The van der Waals surface area contributed by atoms with Gasteiger partial charge in [-0.05, 0) is 44.9 Å². The Morgan fingerprint density at radius 2 is 1.56 bits per heavy atom. The molecule has 0 heterocycles. The minimum absolute atomic E-state index is 0.143. The molecular weight excluding hydrogens is 314 g/mol. The molecule has 4 nitrogen and oxygen atoms in total. The lowest BCUT2D eigenvalue weighted by Crippen LogP contribution is -2.54. The summed E-state index contributed by atoms with van der Waals surface area (Å²) in [5.41, 5.74) is 0. The number of aliphatic carboxylic acids is 1. The molecule has 0 aromatic rings. The number of allylic oxidation sites excluding steroid dienone is 1. The summed E-state index contributed by atoms with van der Waals surface area (Å²) in [5.74, 6) is -0.957. The topological polar surface area (TPSA) is 60.4 Å². The Balaban J connectivity index is 4.79. The molecule has 0 spiro atoms. The summed E-state index contributed by atoms with van der Waals surface area (Å²) >= 11 is 0. The van der Waals surface area contributed by atoms with Crippen LogP contribution in [0.3, 0.4) is 0 Å². The van der Waals surface area contributed by atoms with Crippen LogP contribution in [-0.2, 0) is 4.79 Å². The van der Waals surface area contributed by atoms with Crippen LogP contribution < -0.4 is 5.11 Å². The fourth-order valence-corrected chi connectivity index (χ4v) is 3.37. The molecule has 0 amide bonds. The number of unbranched alkanes of at least 4 members (excludes halogenated alkanes) is 4. The van der Waals surface area contributed by atoms with Gasteiger partial charge in [0.2, 0.25) is 0 Å². The summed E-state index contributed by atoms with van der Waals surface area (Å²) in [7, 11) is 0. The number of carboxylic acid groups (broad SMARTS) is 1. The summed E-state index contributed by atoms with van der Waals surface area (Å²) in [6.07, 6.45) is 13.2. The van der Waals surface area contributed by atoms with Gasteiger partial charge in [-0.1, -0.05) is 52.2 Å². The third-order valence-corrected chi connectivity index (χ3v) is 4.86. The average Bonchev–Trinajstić information content (AvgIpc) is 2.58. The third-order valence-electron chi connectivity index (χ3n) is 4.86. The molecule has 0 fully saturated rings. The van der Waals surface area contributed by atoms with Crippen LogP contribution in [0.25, 0.3) is 0 Å². The summed E-state index contributed by atoms with van der Waals surface area (Å²) in [6.45, 7) is 10.5. The third kappa shape index (κ3) is 13.1. The lowest BCUT2D eigenvalue weighted by molar-refractivity contribution is -0.931. The number of nitrogens with zero attached hydrogens (tertiary/aromatic N) is 1. The van der Waals surface area contributed by atoms with Gasteiger partial charge in [0.05, 0.1) is 19.6 Å². The predicted molar refractivity (Wildman–Crippen MR) is 103 cm³/mol. The maximum atomic E-state index is 10.7. The number of hydrogen-bond donors (Lipinski definition) is 1. The van der Waals surface area contributed by atoms with Crippen molar-refractivity contribution < 1.29 is 19.5 Å². The molecule has 0 radical (unpaired) electrons. The van der Waals surface area contributed by atoms with E-state index in [-0.39, 0.29) is 12.5 Å². The van der Waals surface area contributed by atoms with Crippen molar-refractivity contribution in [3.05, 3.63) is 12.2 Å². The first-order valence-electron chi connectivity index (χ1n) is 10.4. The lowest BCUT2D eigenvalue weighted by Gasteiger charge is -2.40. The number of carboxylic acids is 1. The van der Waals surface area contributed by atoms with Crippen molar-refractivity contribution in [1.82, 2.24) is 0 Å². The van der Waals surface area contributed by atoms with Gasteiger partial charge in [0.1, 0.15) is 12.6 Å². The van der Waals surface area contributed by atoms with Gasteiger partial charge < -0.3 is 19.5 Å². The molecule has 0 aromatic carbocycles. The van der Waals surface area contributed by atoms with E-state index in [0.29, 0.717) is 6.42 Å². The molecule has 0 aliphatic heterocycles. The molecule has 25 heavy (non-hydrogen) atoms. The van der Waals surface area contributed by atoms with Crippen molar-refractivity contribution in [3.63, 3.8) is 0 Å². The van der Waals surface area contributed by atoms with Crippen LogP contribution in [0, 0.1) is 0 Å². The highest BCUT2D eigenvalue weighted by atomic mass is 16.4. The van der Waals surface area contributed by atoms with Gasteiger partial charge in [-0.3, -0.25) is 0 Å². The highest BCUT2D eigenvalue weighted by Gasteiger charge is 2.28. The maximum absolute atomic E-state index is 10.7. The maximum Gasteiger partial charge on any atom is 0.106 e. The minimum Gasteiger partial charge on any atom is -0.550 e. The fraction of sp³-hybridized carbons (Fsp3) is 0.857. The van der Waals surface area contributed by atoms with E-state index in [4.69, 9.17) is 0 Å². The van der Waals surface area contributed by atoms with E-state index in [0.717, 1.165) is 82.0 Å². The summed E-state index contributed by atoms with van der Waals surface area (Å²) in [5, 5.41) is 21.2. The average molecular weight is 356 g/mol. The Morgan fingerprint density at radius 1 is 0.960 bits per heavy atom. The highest BCUT2D eigenvalue weighted by Crippen LogP contribution is 2.17. The van der Waals surface area contributed by atoms with Gasteiger partial charge in [-0.15, -0.1) is 0 Å². The van der Waals surface area contributed by atoms with Crippen molar-refractivity contribution in [3.8, 4) is 0 Å². The Labute approximate surface area is 155 Å². The van der Waals surface area contributed by atoms with Gasteiger partial charge in [0.25, 0.3) is 0 Å². The van der Waals surface area contributed by atoms with E-state index in [2.05, 4.69) is 32.9 Å². The van der Waals surface area contributed by atoms with Crippen LogP contribution in [-0.4, -0.2) is 47.8 Å². The van der Waals surface area contributed by atoms with Crippen molar-refractivity contribution >= 4 is 5.97 Å². The Kier molecular flexibility index (Phi) is 14.9. The molecule has 0 aromatic heterocycles. The van der Waals surface area contributed by atoms with Gasteiger partial charge in [-0.25, -0.2) is 0 Å². The normalized spacial score (nSPS) is 13.4. The number of rotatable bonds is 17. The van der Waals surface area contributed by atoms with E-state index in [1.54, 1.807) is 0 Å². The first kappa shape index (κ1) is 24.1. The summed E-state index contributed by atoms with van der Waals surface area (Å²) in [6, 6.07) is 0. The van der Waals surface area contributed by atoms with Crippen molar-refractivity contribution in [1.29, 1.82) is 0 Å². The Bertz CT molecular complexity index is 347. The van der Waals surface area contributed by atoms with Crippen LogP contribution in [0.2, 0.25) is 0 Å². The van der Waals surface area contributed by atoms with Crippen LogP contribution >= 0.6 is 0 Å². The first-order chi connectivity index (χ1) is 12.0. The number of carbonyl (C=O) groups excluding carboxylic acids is 1. The second-order valence-electron chi connectivity index (χ2n) is 7.38. The molecular formula is C21H41NO3. The van der Waals surface area contributed by atoms with Gasteiger partial charge in [0, 0.05) is 5.97 Å². The smallest absolute Gasteiger partial charge is 0.106 e. The summed E-state index contributed by atoms with van der Waals surface area (Å²) < 4.78 is 0.928. The second kappa shape index (κ2) is 15.4. The lowest BCUT2D eigenvalue weighted by atomic mass is 10.1. The summed E-state index contributed by atoms with van der Waals surface area (Å²) in [4.78, 5) is 10.7. The van der Waals surface area contributed by atoms with E-state index in [1.807, 2.05) is 0 Å². The van der Waals surface area contributed by atoms with E-state index in [9.17, 15) is 15.0 Å². The predicted octanol–water partition coefficient (Wildman–Crippen LogP) is 3.43.